The Balaban J connectivity index is 1.12. The van der Waals surface area contributed by atoms with E-state index >= 15 is 0 Å². The zero-order valence-corrected chi connectivity index (χ0v) is 22.5. The first-order valence-corrected chi connectivity index (χ1v) is 14.7. The molecule has 8 rings (SSSR count). The third-order valence-corrected chi connectivity index (χ3v) is 9.12. The molecule has 3 aromatic heterocycles. The van der Waals surface area contributed by atoms with Crippen LogP contribution in [0.15, 0.2) is 53.1 Å². The summed E-state index contributed by atoms with van der Waals surface area (Å²) in [6.45, 7) is 4.44. The maximum atomic E-state index is 6.50. The molecule has 2 fully saturated rings. The molecule has 5 heterocycles. The van der Waals surface area contributed by atoms with E-state index in [1.54, 1.807) is 0 Å². The van der Waals surface area contributed by atoms with Crippen LogP contribution in [0.25, 0.3) is 44.8 Å². The molecule has 0 spiro atoms. The van der Waals surface area contributed by atoms with Gasteiger partial charge in [-0.25, -0.2) is 4.98 Å². The van der Waals surface area contributed by atoms with Crippen molar-refractivity contribution < 1.29 is 4.42 Å². The standard InChI is InChI=1S/C33H35N5O/c1-2-19-17-28(37-31(19)26-5-3-13-34-26)21-8-10-23-20(15-21)7-11-24-25-16-22(9-12-30(25)39-32(23)24)29-18-36-33(38-29)27-6-4-14-35-27/h8-10,12,15-18,26-27,34-35,37H,2-7,11,13-14H2,1H3,(H,36,38). The Morgan fingerprint density at radius 1 is 0.872 bits per heavy atom. The third-order valence-electron chi connectivity index (χ3n) is 9.12. The predicted molar refractivity (Wildman–Crippen MR) is 156 cm³/mol. The first-order chi connectivity index (χ1) is 19.2. The SMILES string of the molecule is CCc1cc(-c2ccc3c(c2)CCc2c-3oc3ccc(-c4cnc(C5CCCN5)[nH]4)cc23)[nH]c1C1CCCN1. The van der Waals surface area contributed by atoms with Gasteiger partial charge in [0.15, 0.2) is 0 Å². The van der Waals surface area contributed by atoms with Crippen LogP contribution in [-0.2, 0) is 19.3 Å². The van der Waals surface area contributed by atoms with Crippen molar-refractivity contribution in [3.8, 4) is 33.8 Å². The lowest BCUT2D eigenvalue weighted by Crippen LogP contribution is -2.14. The molecule has 0 amide bonds. The molecule has 5 aromatic rings. The maximum absolute atomic E-state index is 6.50. The van der Waals surface area contributed by atoms with Crippen LogP contribution in [0.1, 0.15) is 72.9 Å². The molecule has 2 aromatic carbocycles. The van der Waals surface area contributed by atoms with Gasteiger partial charge in [0.25, 0.3) is 0 Å². The van der Waals surface area contributed by atoms with E-state index in [1.165, 1.54) is 63.9 Å². The molecule has 198 valence electrons. The van der Waals surface area contributed by atoms with Gasteiger partial charge >= 0.3 is 0 Å². The molecule has 39 heavy (non-hydrogen) atoms. The first-order valence-electron chi connectivity index (χ1n) is 14.7. The highest BCUT2D eigenvalue weighted by Crippen LogP contribution is 2.42. The summed E-state index contributed by atoms with van der Waals surface area (Å²) < 4.78 is 6.50. The molecule has 6 heteroatoms. The van der Waals surface area contributed by atoms with Crippen molar-refractivity contribution in [1.82, 2.24) is 25.6 Å². The number of H-pyrrole nitrogens is 2. The Bertz CT molecular complexity index is 1680. The van der Waals surface area contributed by atoms with Gasteiger partial charge in [-0.15, -0.1) is 0 Å². The highest BCUT2D eigenvalue weighted by Gasteiger charge is 2.26. The minimum Gasteiger partial charge on any atom is -0.456 e. The summed E-state index contributed by atoms with van der Waals surface area (Å²) in [5, 5.41) is 8.42. The minimum atomic E-state index is 0.344. The van der Waals surface area contributed by atoms with Crippen LogP contribution >= 0.6 is 0 Å². The van der Waals surface area contributed by atoms with E-state index in [2.05, 4.69) is 75.0 Å². The number of benzene rings is 2. The van der Waals surface area contributed by atoms with Crippen molar-refractivity contribution in [3.05, 3.63) is 76.9 Å². The average molecular weight is 518 g/mol. The maximum Gasteiger partial charge on any atom is 0.138 e. The average Bonchev–Trinajstić information content (AvgIpc) is 3.79. The molecule has 0 bridgehead atoms. The fourth-order valence-corrected chi connectivity index (χ4v) is 7.01. The lowest BCUT2D eigenvalue weighted by molar-refractivity contribution is 0.613. The molecule has 0 saturated carbocycles. The monoisotopic (exact) mass is 517 g/mol. The minimum absolute atomic E-state index is 0.344. The van der Waals surface area contributed by atoms with Crippen molar-refractivity contribution in [2.75, 3.05) is 13.1 Å². The fourth-order valence-electron chi connectivity index (χ4n) is 7.01. The summed E-state index contributed by atoms with van der Waals surface area (Å²) in [5.41, 5.74) is 12.4. The highest BCUT2D eigenvalue weighted by atomic mass is 16.3. The molecule has 4 N–H and O–H groups in total. The van der Waals surface area contributed by atoms with Crippen molar-refractivity contribution in [3.63, 3.8) is 0 Å². The summed E-state index contributed by atoms with van der Waals surface area (Å²) in [6.07, 6.45) is 9.86. The second kappa shape index (κ2) is 9.25. The molecule has 2 atom stereocenters. The van der Waals surface area contributed by atoms with Gasteiger partial charge in [-0.1, -0.05) is 19.1 Å². The van der Waals surface area contributed by atoms with Crippen LogP contribution in [0, 0.1) is 0 Å². The van der Waals surface area contributed by atoms with Gasteiger partial charge in [-0.3, -0.25) is 0 Å². The number of aromatic nitrogens is 3. The van der Waals surface area contributed by atoms with E-state index in [-0.39, 0.29) is 0 Å². The smallest absolute Gasteiger partial charge is 0.138 e. The van der Waals surface area contributed by atoms with Crippen molar-refractivity contribution in [1.29, 1.82) is 0 Å². The first kappa shape index (κ1) is 23.3. The van der Waals surface area contributed by atoms with Gasteiger partial charge in [0.2, 0.25) is 0 Å². The largest absolute Gasteiger partial charge is 0.456 e. The van der Waals surface area contributed by atoms with E-state index in [9.17, 15) is 0 Å². The predicted octanol–water partition coefficient (Wildman–Crippen LogP) is 7.00. The van der Waals surface area contributed by atoms with Gasteiger partial charge in [-0.05, 0) is 105 Å². The van der Waals surface area contributed by atoms with Gasteiger partial charge in [-0.2, -0.15) is 0 Å². The number of aryl methyl sites for hydroxylation is 3. The number of rotatable bonds is 5. The summed E-state index contributed by atoms with van der Waals surface area (Å²) in [5.74, 6) is 2.08. The Labute approximate surface area is 228 Å². The zero-order chi connectivity index (χ0) is 25.9. The van der Waals surface area contributed by atoms with Crippen LogP contribution in [-0.4, -0.2) is 28.0 Å². The zero-order valence-electron chi connectivity index (χ0n) is 22.5. The number of fused-ring (bicyclic) bond motifs is 5. The molecular formula is C33H35N5O. The van der Waals surface area contributed by atoms with E-state index in [0.717, 1.165) is 67.2 Å². The molecule has 3 aliphatic rings. The number of hydrogen-bond donors (Lipinski definition) is 4. The second-order valence-electron chi connectivity index (χ2n) is 11.4. The molecule has 1 aliphatic carbocycles. The van der Waals surface area contributed by atoms with Crippen LogP contribution in [0.2, 0.25) is 0 Å². The van der Waals surface area contributed by atoms with Crippen molar-refractivity contribution in [2.24, 2.45) is 0 Å². The highest BCUT2D eigenvalue weighted by molar-refractivity contribution is 5.92. The normalized spacial score (nSPS) is 20.5. The lowest BCUT2D eigenvalue weighted by atomic mass is 9.87. The molecule has 2 unspecified atom stereocenters. The number of aromatic amines is 2. The van der Waals surface area contributed by atoms with Crippen LogP contribution < -0.4 is 10.6 Å². The van der Waals surface area contributed by atoms with Crippen LogP contribution in [0.4, 0.5) is 0 Å². The van der Waals surface area contributed by atoms with E-state index in [1.807, 2.05) is 6.20 Å². The summed E-state index contributed by atoms with van der Waals surface area (Å²) in [4.78, 5) is 12.0. The van der Waals surface area contributed by atoms with Gasteiger partial charge in [0.1, 0.15) is 17.2 Å². The van der Waals surface area contributed by atoms with Crippen molar-refractivity contribution >= 4 is 11.0 Å². The molecule has 2 saturated heterocycles. The van der Waals surface area contributed by atoms with Crippen LogP contribution in [0.3, 0.4) is 0 Å². The second-order valence-corrected chi connectivity index (χ2v) is 11.4. The van der Waals surface area contributed by atoms with E-state index in [0.29, 0.717) is 12.1 Å². The van der Waals surface area contributed by atoms with Gasteiger partial charge < -0.3 is 25.0 Å². The topological polar surface area (TPSA) is 81.7 Å². The van der Waals surface area contributed by atoms with E-state index < -0.39 is 0 Å². The Morgan fingerprint density at radius 2 is 1.69 bits per heavy atom. The molecule has 2 aliphatic heterocycles. The van der Waals surface area contributed by atoms with Gasteiger partial charge in [0.05, 0.1) is 17.9 Å². The number of nitrogens with zero attached hydrogens (tertiary/aromatic N) is 1. The van der Waals surface area contributed by atoms with Crippen molar-refractivity contribution in [2.45, 2.75) is 64.0 Å². The Kier molecular flexibility index (Phi) is 5.52. The summed E-state index contributed by atoms with van der Waals surface area (Å²) in [6, 6.07) is 16.6. The molecule has 0 radical (unpaired) electrons. The number of nitrogens with one attached hydrogen (secondary N) is 4. The molecular weight excluding hydrogens is 482 g/mol. The Hall–Kier alpha value is -3.61. The fraction of sp³-hybridized carbons (Fsp3) is 0.364. The lowest BCUT2D eigenvalue weighted by Gasteiger charge is -2.16. The summed E-state index contributed by atoms with van der Waals surface area (Å²) in [7, 11) is 0. The molecule has 6 nitrogen and oxygen atoms in total. The number of furan rings is 1. The van der Waals surface area contributed by atoms with E-state index in [4.69, 9.17) is 4.42 Å². The third kappa shape index (κ3) is 3.88. The summed E-state index contributed by atoms with van der Waals surface area (Å²) >= 11 is 0. The number of hydrogen-bond acceptors (Lipinski definition) is 4. The Morgan fingerprint density at radius 3 is 2.51 bits per heavy atom. The number of imidazole rings is 1. The quantitative estimate of drug-likeness (QED) is 0.202. The van der Waals surface area contributed by atoms with Gasteiger partial charge in [0, 0.05) is 39.5 Å². The van der Waals surface area contributed by atoms with Crippen LogP contribution in [0.5, 0.6) is 0 Å².